The molecule has 0 amide bonds. The monoisotopic (exact) mass is 256 g/mol. The Hall–Kier alpha value is -1.94. The molecule has 0 aliphatic carbocycles. The number of hydrogen-bond acceptors (Lipinski definition) is 4. The predicted molar refractivity (Wildman–Crippen MR) is 71.1 cm³/mol. The zero-order valence-electron chi connectivity index (χ0n) is 10.8. The predicted octanol–water partition coefficient (Wildman–Crippen LogP) is 2.19. The lowest BCUT2D eigenvalue weighted by Crippen LogP contribution is -2.13. The summed E-state index contributed by atoms with van der Waals surface area (Å²) >= 11 is 0. The number of benzene rings is 1. The average molecular weight is 256 g/mol. The van der Waals surface area contributed by atoms with Crippen molar-refractivity contribution in [2.75, 3.05) is 6.61 Å². The van der Waals surface area contributed by atoms with Crippen molar-refractivity contribution < 1.29 is 9.84 Å². The van der Waals surface area contributed by atoms with Crippen LogP contribution >= 0.6 is 0 Å². The summed E-state index contributed by atoms with van der Waals surface area (Å²) in [7, 11) is 0. The average Bonchev–Trinajstić information content (AvgIpc) is 2.47. The minimum atomic E-state index is -0.791. The number of nitrogens with zero attached hydrogens (tertiary/aromatic N) is 2. The highest BCUT2D eigenvalue weighted by Gasteiger charge is 2.21. The normalized spacial score (nSPS) is 15.5. The van der Waals surface area contributed by atoms with Crippen LogP contribution in [0.5, 0.6) is 5.75 Å². The molecule has 98 valence electrons. The lowest BCUT2D eigenvalue weighted by molar-refractivity contribution is 0.202. The summed E-state index contributed by atoms with van der Waals surface area (Å²) in [6.07, 6.45) is 4.50. The van der Waals surface area contributed by atoms with Crippen LogP contribution in [0.25, 0.3) is 0 Å². The number of fused-ring (bicyclic) bond motifs is 1. The molecule has 1 unspecified atom stereocenters. The summed E-state index contributed by atoms with van der Waals surface area (Å²) < 4.78 is 5.71. The Morgan fingerprint density at radius 3 is 2.95 bits per heavy atom. The highest BCUT2D eigenvalue weighted by Crippen LogP contribution is 2.34. The molecule has 4 heteroatoms. The smallest absolute Gasteiger partial charge is 0.128 e. The molecular formula is C15H16N2O2. The van der Waals surface area contributed by atoms with Crippen molar-refractivity contribution >= 4 is 0 Å². The van der Waals surface area contributed by atoms with Gasteiger partial charge in [-0.15, -0.1) is 0 Å². The van der Waals surface area contributed by atoms with Gasteiger partial charge in [-0.2, -0.15) is 0 Å². The maximum Gasteiger partial charge on any atom is 0.128 e. The topological polar surface area (TPSA) is 55.2 Å². The Morgan fingerprint density at radius 2 is 2.16 bits per heavy atom. The molecule has 1 aliphatic rings. The van der Waals surface area contributed by atoms with E-state index in [-0.39, 0.29) is 0 Å². The molecule has 2 heterocycles. The molecule has 1 aromatic heterocycles. The molecule has 1 N–H and O–H groups in total. The van der Waals surface area contributed by atoms with Crippen LogP contribution in [-0.2, 0) is 6.42 Å². The number of aryl methyl sites for hydroxylation is 2. The molecule has 19 heavy (non-hydrogen) atoms. The highest BCUT2D eigenvalue weighted by atomic mass is 16.5. The summed E-state index contributed by atoms with van der Waals surface area (Å²) in [5.41, 5.74) is 3.31. The molecule has 1 atom stereocenters. The van der Waals surface area contributed by atoms with E-state index in [0.717, 1.165) is 35.4 Å². The molecule has 1 aromatic carbocycles. The third-order valence-electron chi connectivity index (χ3n) is 3.34. The summed E-state index contributed by atoms with van der Waals surface area (Å²) in [6.45, 7) is 2.58. The van der Waals surface area contributed by atoms with Crippen LogP contribution in [0, 0.1) is 6.92 Å². The third kappa shape index (κ3) is 2.31. The van der Waals surface area contributed by atoms with Crippen molar-refractivity contribution in [3.05, 3.63) is 53.1 Å². The van der Waals surface area contributed by atoms with Gasteiger partial charge in [-0.1, -0.05) is 18.2 Å². The van der Waals surface area contributed by atoms with E-state index in [2.05, 4.69) is 9.97 Å². The van der Waals surface area contributed by atoms with Gasteiger partial charge in [0.1, 0.15) is 11.9 Å². The minimum absolute atomic E-state index is 0.549. The molecule has 3 rings (SSSR count). The van der Waals surface area contributed by atoms with E-state index in [1.807, 2.05) is 25.1 Å². The summed E-state index contributed by atoms with van der Waals surface area (Å²) in [6, 6.07) is 5.88. The number of para-hydroxylation sites is 1. The quantitative estimate of drug-likeness (QED) is 0.895. The van der Waals surface area contributed by atoms with Crippen molar-refractivity contribution in [2.45, 2.75) is 25.9 Å². The lowest BCUT2D eigenvalue weighted by atomic mass is 9.98. The fourth-order valence-electron chi connectivity index (χ4n) is 2.33. The molecule has 0 bridgehead atoms. The van der Waals surface area contributed by atoms with Crippen LogP contribution in [0.2, 0.25) is 0 Å². The Labute approximate surface area is 112 Å². The van der Waals surface area contributed by atoms with Crippen molar-refractivity contribution in [1.29, 1.82) is 0 Å². The number of rotatable bonds is 2. The van der Waals surface area contributed by atoms with E-state index >= 15 is 0 Å². The SMILES string of the molecule is Cc1cnc(C(O)c2cccc3c2OCCC3)cn1. The molecule has 0 spiro atoms. The van der Waals surface area contributed by atoms with Gasteiger partial charge < -0.3 is 9.84 Å². The van der Waals surface area contributed by atoms with Gasteiger partial charge in [0.15, 0.2) is 0 Å². The molecule has 0 saturated heterocycles. The first-order valence-electron chi connectivity index (χ1n) is 6.47. The third-order valence-corrected chi connectivity index (χ3v) is 3.34. The van der Waals surface area contributed by atoms with E-state index in [1.54, 1.807) is 12.4 Å². The Kier molecular flexibility index (Phi) is 3.17. The lowest BCUT2D eigenvalue weighted by Gasteiger charge is -2.22. The van der Waals surface area contributed by atoms with E-state index in [9.17, 15) is 5.11 Å². The van der Waals surface area contributed by atoms with Gasteiger partial charge in [-0.3, -0.25) is 9.97 Å². The number of ether oxygens (including phenoxy) is 1. The molecule has 0 saturated carbocycles. The Morgan fingerprint density at radius 1 is 1.26 bits per heavy atom. The fraction of sp³-hybridized carbons (Fsp3) is 0.333. The molecule has 0 radical (unpaired) electrons. The van der Waals surface area contributed by atoms with Crippen molar-refractivity contribution in [3.8, 4) is 5.75 Å². The highest BCUT2D eigenvalue weighted by molar-refractivity contribution is 5.45. The Balaban J connectivity index is 1.99. The number of hydrogen-bond donors (Lipinski definition) is 1. The van der Waals surface area contributed by atoms with E-state index < -0.39 is 6.10 Å². The maximum atomic E-state index is 10.5. The van der Waals surface area contributed by atoms with Crippen LogP contribution < -0.4 is 4.74 Å². The molecular weight excluding hydrogens is 240 g/mol. The summed E-state index contributed by atoms with van der Waals surface area (Å²) in [5, 5.41) is 10.5. The van der Waals surface area contributed by atoms with Gasteiger partial charge in [-0.25, -0.2) is 0 Å². The van der Waals surface area contributed by atoms with Crippen LogP contribution in [0.3, 0.4) is 0 Å². The van der Waals surface area contributed by atoms with E-state index in [4.69, 9.17) is 4.74 Å². The zero-order valence-corrected chi connectivity index (χ0v) is 10.8. The van der Waals surface area contributed by atoms with Gasteiger partial charge in [-0.05, 0) is 25.3 Å². The first-order chi connectivity index (χ1) is 9.25. The molecule has 1 aliphatic heterocycles. The minimum Gasteiger partial charge on any atom is -0.493 e. The van der Waals surface area contributed by atoms with Crippen molar-refractivity contribution in [3.63, 3.8) is 0 Å². The number of aliphatic hydroxyl groups excluding tert-OH is 1. The largest absolute Gasteiger partial charge is 0.493 e. The molecule has 2 aromatic rings. The second-order valence-electron chi connectivity index (χ2n) is 4.77. The second kappa shape index (κ2) is 4.97. The number of aromatic nitrogens is 2. The van der Waals surface area contributed by atoms with Crippen LogP contribution in [-0.4, -0.2) is 21.7 Å². The standard InChI is InChI=1S/C15H16N2O2/c1-10-8-17-13(9-16-10)14(18)12-6-2-4-11-5-3-7-19-15(11)12/h2,4,6,8-9,14,18H,3,5,7H2,1H3. The summed E-state index contributed by atoms with van der Waals surface area (Å²) in [5.74, 6) is 0.809. The van der Waals surface area contributed by atoms with Gasteiger partial charge in [0.2, 0.25) is 0 Å². The van der Waals surface area contributed by atoms with Gasteiger partial charge in [0.05, 0.1) is 24.2 Å². The van der Waals surface area contributed by atoms with Crippen LogP contribution in [0.4, 0.5) is 0 Å². The zero-order chi connectivity index (χ0) is 13.2. The first kappa shape index (κ1) is 12.1. The van der Waals surface area contributed by atoms with Gasteiger partial charge >= 0.3 is 0 Å². The summed E-state index contributed by atoms with van der Waals surface area (Å²) in [4.78, 5) is 8.41. The van der Waals surface area contributed by atoms with Gasteiger partial charge in [0, 0.05) is 11.8 Å². The van der Waals surface area contributed by atoms with Crippen LogP contribution in [0.15, 0.2) is 30.6 Å². The second-order valence-corrected chi connectivity index (χ2v) is 4.77. The maximum absolute atomic E-state index is 10.5. The first-order valence-corrected chi connectivity index (χ1v) is 6.47. The van der Waals surface area contributed by atoms with Crippen molar-refractivity contribution in [1.82, 2.24) is 9.97 Å². The van der Waals surface area contributed by atoms with Crippen molar-refractivity contribution in [2.24, 2.45) is 0 Å². The fourth-order valence-corrected chi connectivity index (χ4v) is 2.33. The van der Waals surface area contributed by atoms with E-state index in [0.29, 0.717) is 12.3 Å². The molecule has 0 fully saturated rings. The van der Waals surface area contributed by atoms with Crippen LogP contribution in [0.1, 0.15) is 35.0 Å². The van der Waals surface area contributed by atoms with Gasteiger partial charge in [0.25, 0.3) is 0 Å². The molecule has 4 nitrogen and oxygen atoms in total. The number of aliphatic hydroxyl groups is 1. The Bertz CT molecular complexity index is 581. The van der Waals surface area contributed by atoms with E-state index in [1.165, 1.54) is 0 Å².